The molecule has 1 saturated carbocycles. The van der Waals surface area contributed by atoms with Crippen LogP contribution in [0.3, 0.4) is 0 Å². The van der Waals surface area contributed by atoms with Crippen LogP contribution in [0.4, 0.5) is 4.79 Å². The van der Waals surface area contributed by atoms with E-state index in [1.54, 1.807) is 14.1 Å². The Balaban J connectivity index is 0.000000317. The second kappa shape index (κ2) is 14.3. The van der Waals surface area contributed by atoms with E-state index in [9.17, 15) is 9.59 Å². The van der Waals surface area contributed by atoms with Gasteiger partial charge in [-0.3, -0.25) is 4.79 Å². The average molecular weight is 329 g/mol. The first-order valence-electron chi connectivity index (χ1n) is 8.98. The molecule has 0 radical (unpaired) electrons. The van der Waals surface area contributed by atoms with Crippen molar-refractivity contribution in [2.75, 3.05) is 40.3 Å². The number of rotatable bonds is 3. The third-order valence-corrected chi connectivity index (χ3v) is 4.18. The summed E-state index contributed by atoms with van der Waals surface area (Å²) in [6.45, 7) is 8.73. The molecular weight excluding hydrogens is 292 g/mol. The summed E-state index contributed by atoms with van der Waals surface area (Å²) >= 11 is 0. The smallest absolute Gasteiger partial charge is 0.314 e. The van der Waals surface area contributed by atoms with Crippen LogP contribution in [0.5, 0.6) is 0 Å². The van der Waals surface area contributed by atoms with Gasteiger partial charge in [-0.25, -0.2) is 4.79 Å². The van der Waals surface area contributed by atoms with Gasteiger partial charge in [-0.1, -0.05) is 19.8 Å². The maximum absolute atomic E-state index is 10.7. The molecular formula is C17H36N4O2. The monoisotopic (exact) mass is 328 g/mol. The molecule has 1 aliphatic heterocycles. The summed E-state index contributed by atoms with van der Waals surface area (Å²) in [4.78, 5) is 23.4. The minimum Gasteiger partial charge on any atom is -0.359 e. The molecule has 0 aromatic carbocycles. The van der Waals surface area contributed by atoms with E-state index in [-0.39, 0.29) is 11.9 Å². The lowest BCUT2D eigenvalue weighted by molar-refractivity contribution is -0.126. The average Bonchev–Trinajstić information content (AvgIpc) is 2.55. The predicted molar refractivity (Wildman–Crippen MR) is 95.5 cm³/mol. The van der Waals surface area contributed by atoms with Crippen LogP contribution in [0.15, 0.2) is 0 Å². The van der Waals surface area contributed by atoms with Gasteiger partial charge in [0.05, 0.1) is 0 Å². The highest BCUT2D eigenvalue weighted by molar-refractivity contribution is 5.78. The lowest BCUT2D eigenvalue weighted by atomic mass is 9.85. The zero-order chi connectivity index (χ0) is 17.5. The Morgan fingerprint density at radius 3 is 1.78 bits per heavy atom. The second-order valence-corrected chi connectivity index (χ2v) is 5.85. The zero-order valence-electron chi connectivity index (χ0n) is 15.4. The highest BCUT2D eigenvalue weighted by atomic mass is 16.2. The lowest BCUT2D eigenvalue weighted by Gasteiger charge is -2.24. The van der Waals surface area contributed by atoms with Crippen LogP contribution in [-0.2, 0) is 4.79 Å². The number of likely N-dealkylation sites (tertiary alicyclic amines) is 1. The van der Waals surface area contributed by atoms with E-state index >= 15 is 0 Å². The Labute approximate surface area is 141 Å². The third kappa shape index (κ3) is 11.0. The second-order valence-electron chi connectivity index (χ2n) is 5.85. The molecule has 0 atom stereocenters. The first-order valence-corrected chi connectivity index (χ1v) is 8.98. The van der Waals surface area contributed by atoms with Gasteiger partial charge < -0.3 is 20.9 Å². The number of nitrogens with one attached hydrogen (secondary N) is 3. The van der Waals surface area contributed by atoms with Crippen molar-refractivity contribution < 1.29 is 9.59 Å². The molecule has 0 bridgehead atoms. The van der Waals surface area contributed by atoms with Crippen molar-refractivity contribution in [1.29, 1.82) is 0 Å². The molecule has 0 unspecified atom stereocenters. The molecule has 2 aliphatic rings. The number of hydrogen-bond donors (Lipinski definition) is 3. The molecule has 0 spiro atoms. The molecule has 1 saturated heterocycles. The first kappa shape index (κ1) is 21.7. The number of nitrogens with zero attached hydrogens (tertiary/aromatic N) is 1. The minimum atomic E-state index is -0.123. The molecule has 6 heteroatoms. The van der Waals surface area contributed by atoms with Crippen molar-refractivity contribution in [3.63, 3.8) is 0 Å². The molecule has 1 heterocycles. The topological polar surface area (TPSA) is 73.5 Å². The fraction of sp³-hybridized carbons (Fsp3) is 0.882. The summed E-state index contributed by atoms with van der Waals surface area (Å²) in [5.41, 5.74) is 0. The van der Waals surface area contributed by atoms with E-state index in [0.29, 0.717) is 12.5 Å². The van der Waals surface area contributed by atoms with Crippen LogP contribution >= 0.6 is 0 Å². The van der Waals surface area contributed by atoms with Crippen molar-refractivity contribution in [2.45, 2.75) is 52.4 Å². The van der Waals surface area contributed by atoms with Gasteiger partial charge in [-0.2, -0.15) is 0 Å². The van der Waals surface area contributed by atoms with E-state index < -0.39 is 0 Å². The number of carbonyl (C=O) groups excluding carboxylic acids is 2. The van der Waals surface area contributed by atoms with Crippen LogP contribution < -0.4 is 16.0 Å². The summed E-state index contributed by atoms with van der Waals surface area (Å²) in [6, 6.07) is -0.123. The molecule has 0 aromatic heterocycles. The Morgan fingerprint density at radius 1 is 0.957 bits per heavy atom. The van der Waals surface area contributed by atoms with E-state index in [4.69, 9.17) is 0 Å². The quantitative estimate of drug-likeness (QED) is 0.741. The lowest BCUT2D eigenvalue weighted by Crippen LogP contribution is -2.32. The highest BCUT2D eigenvalue weighted by Crippen LogP contribution is 2.25. The Morgan fingerprint density at radius 2 is 1.57 bits per heavy atom. The maximum Gasteiger partial charge on any atom is 0.314 e. The van der Waals surface area contributed by atoms with Gasteiger partial charge in [0.15, 0.2) is 0 Å². The molecule has 3 amide bonds. The standard InChI is InChI=1S/C7H15N.C6H11NO.C4H10N2O/c1-2-8-6-4-3-5-7-8;1-7-6(8)5-3-2-4-5;1-3-6-4(7)5-2/h2-7H2,1H3;5H,2-4H2,1H3,(H,7,8);3H2,1-2H3,(H2,5,6,7). The van der Waals surface area contributed by atoms with Gasteiger partial charge in [0.1, 0.15) is 0 Å². The Bertz CT molecular complexity index is 314. The molecule has 0 aromatic rings. The van der Waals surface area contributed by atoms with Gasteiger partial charge in [0, 0.05) is 26.6 Å². The Hall–Kier alpha value is -1.30. The van der Waals surface area contributed by atoms with Crippen molar-refractivity contribution in [3.05, 3.63) is 0 Å². The van der Waals surface area contributed by atoms with Crippen molar-refractivity contribution >= 4 is 11.9 Å². The number of amides is 3. The molecule has 2 rings (SSSR count). The van der Waals surface area contributed by atoms with Crippen LogP contribution in [0.25, 0.3) is 0 Å². The van der Waals surface area contributed by atoms with Gasteiger partial charge >= 0.3 is 6.03 Å². The van der Waals surface area contributed by atoms with Gasteiger partial charge in [-0.05, 0) is 52.2 Å². The van der Waals surface area contributed by atoms with Crippen molar-refractivity contribution in [2.24, 2.45) is 5.92 Å². The predicted octanol–water partition coefficient (Wildman–Crippen LogP) is 1.96. The normalized spacial score (nSPS) is 17.4. The van der Waals surface area contributed by atoms with Crippen LogP contribution in [-0.4, -0.2) is 57.1 Å². The van der Waals surface area contributed by atoms with E-state index in [0.717, 1.165) is 12.8 Å². The molecule has 1 aliphatic carbocycles. The van der Waals surface area contributed by atoms with Gasteiger partial charge in [0.2, 0.25) is 5.91 Å². The van der Waals surface area contributed by atoms with E-state index in [1.807, 2.05) is 6.92 Å². The largest absolute Gasteiger partial charge is 0.359 e. The molecule has 23 heavy (non-hydrogen) atoms. The molecule has 6 nitrogen and oxygen atoms in total. The SMILES string of the molecule is CCN1CCCCC1.CCNC(=O)NC.CNC(=O)C1CCC1. The minimum absolute atomic E-state index is 0.123. The van der Waals surface area contributed by atoms with Gasteiger partial charge in [-0.15, -0.1) is 0 Å². The first-order chi connectivity index (χ1) is 11.1. The summed E-state index contributed by atoms with van der Waals surface area (Å²) in [5.74, 6) is 0.566. The fourth-order valence-electron chi connectivity index (χ4n) is 2.40. The number of carbonyl (C=O) groups is 2. The van der Waals surface area contributed by atoms with Crippen LogP contribution in [0.1, 0.15) is 52.4 Å². The Kier molecular flexibility index (Phi) is 13.5. The summed E-state index contributed by atoms with van der Waals surface area (Å²) in [7, 11) is 3.28. The van der Waals surface area contributed by atoms with Crippen molar-refractivity contribution in [1.82, 2.24) is 20.9 Å². The van der Waals surface area contributed by atoms with Crippen LogP contribution in [0.2, 0.25) is 0 Å². The third-order valence-electron chi connectivity index (χ3n) is 4.18. The molecule has 2 fully saturated rings. The summed E-state index contributed by atoms with van der Waals surface area (Å²) < 4.78 is 0. The molecule has 136 valence electrons. The van der Waals surface area contributed by atoms with Crippen molar-refractivity contribution in [3.8, 4) is 0 Å². The van der Waals surface area contributed by atoms with Gasteiger partial charge in [0.25, 0.3) is 0 Å². The van der Waals surface area contributed by atoms with Crippen LogP contribution in [0, 0.1) is 5.92 Å². The number of hydrogen-bond acceptors (Lipinski definition) is 3. The zero-order valence-corrected chi connectivity index (χ0v) is 15.4. The number of piperidine rings is 1. The van der Waals surface area contributed by atoms with E-state index in [1.165, 1.54) is 45.3 Å². The summed E-state index contributed by atoms with van der Waals surface area (Å²) in [6.07, 6.45) is 7.73. The maximum atomic E-state index is 10.7. The van der Waals surface area contributed by atoms with E-state index in [2.05, 4.69) is 27.8 Å². The highest BCUT2D eigenvalue weighted by Gasteiger charge is 2.23. The summed E-state index contributed by atoms with van der Waals surface area (Å²) in [5, 5.41) is 7.59. The molecule has 3 N–H and O–H groups in total. The fourth-order valence-corrected chi connectivity index (χ4v) is 2.40. The number of urea groups is 1.